The van der Waals surface area contributed by atoms with E-state index in [4.69, 9.17) is 0 Å². The largest absolute Gasteiger partial charge is 0.384 e. The first-order chi connectivity index (χ1) is 8.38. The SMILES string of the molecule is CC1CCN(C(=O)n2ncc(C(C)(C)O)n2)CC1. The first kappa shape index (κ1) is 13.0. The van der Waals surface area contributed by atoms with Gasteiger partial charge in [-0.1, -0.05) is 11.7 Å². The highest BCUT2D eigenvalue weighted by molar-refractivity contribution is 5.74. The Hall–Kier alpha value is -1.43. The van der Waals surface area contributed by atoms with Crippen molar-refractivity contribution in [2.24, 2.45) is 5.92 Å². The zero-order valence-electron chi connectivity index (χ0n) is 11.1. The Morgan fingerprint density at radius 1 is 1.44 bits per heavy atom. The fourth-order valence-corrected chi connectivity index (χ4v) is 1.96. The van der Waals surface area contributed by atoms with Crippen LogP contribution >= 0.6 is 0 Å². The number of carbonyl (C=O) groups excluding carboxylic acids is 1. The molecule has 0 aromatic carbocycles. The standard InChI is InChI=1S/C12H20N4O2/c1-9-4-6-15(7-5-9)11(17)16-13-8-10(14-16)12(2,3)18/h8-9,18H,4-7H2,1-3H3. The predicted octanol–water partition coefficient (Wildman–Crippen LogP) is 1.21. The molecule has 1 aliphatic rings. The van der Waals surface area contributed by atoms with E-state index in [0.717, 1.165) is 30.7 Å². The number of aromatic nitrogens is 3. The lowest BCUT2D eigenvalue weighted by atomic mass is 10.00. The number of hydrogen-bond acceptors (Lipinski definition) is 4. The topological polar surface area (TPSA) is 71.2 Å². The van der Waals surface area contributed by atoms with E-state index in [9.17, 15) is 9.90 Å². The number of aliphatic hydroxyl groups is 1. The van der Waals surface area contributed by atoms with Gasteiger partial charge in [0.25, 0.3) is 0 Å². The van der Waals surface area contributed by atoms with Crippen molar-refractivity contribution in [3.05, 3.63) is 11.9 Å². The van der Waals surface area contributed by atoms with E-state index in [1.165, 1.54) is 6.20 Å². The summed E-state index contributed by atoms with van der Waals surface area (Å²) in [5.74, 6) is 0.673. The normalized spacial score (nSPS) is 18.1. The zero-order chi connectivity index (χ0) is 13.3. The summed E-state index contributed by atoms with van der Waals surface area (Å²) in [5.41, 5.74) is -0.671. The predicted molar refractivity (Wildman–Crippen MR) is 66.0 cm³/mol. The summed E-state index contributed by atoms with van der Waals surface area (Å²) < 4.78 is 0. The molecule has 2 rings (SSSR count). The van der Waals surface area contributed by atoms with Crippen molar-refractivity contribution in [2.75, 3.05) is 13.1 Å². The second-order valence-corrected chi connectivity index (χ2v) is 5.53. The van der Waals surface area contributed by atoms with Gasteiger partial charge in [-0.3, -0.25) is 0 Å². The molecule has 1 aromatic rings. The quantitative estimate of drug-likeness (QED) is 0.815. The van der Waals surface area contributed by atoms with E-state index in [0.29, 0.717) is 11.6 Å². The van der Waals surface area contributed by atoms with E-state index in [-0.39, 0.29) is 6.03 Å². The first-order valence-corrected chi connectivity index (χ1v) is 6.32. The van der Waals surface area contributed by atoms with E-state index < -0.39 is 5.60 Å². The molecular formula is C12H20N4O2. The molecule has 6 nitrogen and oxygen atoms in total. The van der Waals surface area contributed by atoms with Crippen LogP contribution in [-0.4, -0.2) is 44.1 Å². The molecule has 1 fully saturated rings. The van der Waals surface area contributed by atoms with Crippen LogP contribution in [0.25, 0.3) is 0 Å². The smallest absolute Gasteiger partial charge is 0.362 e. The van der Waals surface area contributed by atoms with Crippen molar-refractivity contribution in [2.45, 2.75) is 39.2 Å². The molecule has 0 bridgehead atoms. The van der Waals surface area contributed by atoms with Gasteiger partial charge in [-0.05, 0) is 32.6 Å². The highest BCUT2D eigenvalue weighted by Gasteiger charge is 2.25. The number of piperidine rings is 1. The van der Waals surface area contributed by atoms with Crippen molar-refractivity contribution in [3.8, 4) is 0 Å². The molecule has 0 atom stereocenters. The Morgan fingerprint density at radius 3 is 2.56 bits per heavy atom. The molecule has 1 amide bonds. The highest BCUT2D eigenvalue weighted by Crippen LogP contribution is 2.18. The summed E-state index contributed by atoms with van der Waals surface area (Å²) in [7, 11) is 0. The van der Waals surface area contributed by atoms with Crippen molar-refractivity contribution >= 4 is 6.03 Å². The maximum Gasteiger partial charge on any atom is 0.362 e. The highest BCUT2D eigenvalue weighted by atomic mass is 16.3. The van der Waals surface area contributed by atoms with Crippen molar-refractivity contribution < 1.29 is 9.90 Å². The molecule has 100 valence electrons. The van der Waals surface area contributed by atoms with Crippen molar-refractivity contribution in [3.63, 3.8) is 0 Å². The molecule has 0 saturated carbocycles. The second-order valence-electron chi connectivity index (χ2n) is 5.53. The molecule has 18 heavy (non-hydrogen) atoms. The summed E-state index contributed by atoms with van der Waals surface area (Å²) in [5, 5.41) is 17.8. The summed E-state index contributed by atoms with van der Waals surface area (Å²) in [6.07, 6.45) is 3.47. The third-order valence-corrected chi connectivity index (χ3v) is 3.34. The minimum Gasteiger partial charge on any atom is -0.384 e. The number of carbonyl (C=O) groups is 1. The van der Waals surface area contributed by atoms with Crippen LogP contribution in [0.2, 0.25) is 0 Å². The molecule has 0 radical (unpaired) electrons. The van der Waals surface area contributed by atoms with Gasteiger partial charge in [0.15, 0.2) is 0 Å². The Balaban J connectivity index is 2.07. The van der Waals surface area contributed by atoms with Crippen LogP contribution in [-0.2, 0) is 5.60 Å². The molecule has 1 aromatic heterocycles. The van der Waals surface area contributed by atoms with Gasteiger partial charge in [-0.2, -0.15) is 5.10 Å². The summed E-state index contributed by atoms with van der Waals surface area (Å²) in [6.45, 7) is 6.93. The van der Waals surface area contributed by atoms with Crippen molar-refractivity contribution in [1.82, 2.24) is 19.9 Å². The summed E-state index contributed by atoms with van der Waals surface area (Å²) in [6, 6.07) is -0.211. The fraction of sp³-hybridized carbons (Fsp3) is 0.750. The second kappa shape index (κ2) is 4.68. The van der Waals surface area contributed by atoms with Crippen LogP contribution in [0.5, 0.6) is 0 Å². The summed E-state index contributed by atoms with van der Waals surface area (Å²) in [4.78, 5) is 15.0. The number of hydrogen-bond donors (Lipinski definition) is 1. The van der Waals surface area contributed by atoms with Crippen LogP contribution < -0.4 is 0 Å². The molecule has 1 N–H and O–H groups in total. The lowest BCUT2D eigenvalue weighted by Gasteiger charge is -2.29. The maximum atomic E-state index is 12.1. The Morgan fingerprint density at radius 2 is 2.06 bits per heavy atom. The average molecular weight is 252 g/mol. The lowest BCUT2D eigenvalue weighted by molar-refractivity contribution is 0.0731. The molecule has 1 aliphatic heterocycles. The Bertz CT molecular complexity index is 428. The molecular weight excluding hydrogens is 232 g/mol. The van der Waals surface area contributed by atoms with Gasteiger partial charge >= 0.3 is 6.03 Å². The molecule has 1 saturated heterocycles. The molecule has 6 heteroatoms. The maximum absolute atomic E-state index is 12.1. The van der Waals surface area contributed by atoms with Crippen LogP contribution in [0.15, 0.2) is 6.20 Å². The monoisotopic (exact) mass is 252 g/mol. The first-order valence-electron chi connectivity index (χ1n) is 6.32. The van der Waals surface area contributed by atoms with Gasteiger partial charge in [0.2, 0.25) is 0 Å². The molecule has 0 aliphatic carbocycles. The molecule has 0 unspecified atom stereocenters. The number of nitrogens with zero attached hydrogens (tertiary/aromatic N) is 4. The van der Waals surface area contributed by atoms with Gasteiger partial charge in [-0.25, -0.2) is 4.79 Å². The van der Waals surface area contributed by atoms with E-state index in [1.54, 1.807) is 18.7 Å². The molecule has 0 spiro atoms. The van der Waals surface area contributed by atoms with E-state index in [1.807, 2.05) is 0 Å². The third kappa shape index (κ3) is 2.69. The number of likely N-dealkylation sites (tertiary alicyclic amines) is 1. The van der Waals surface area contributed by atoms with Gasteiger partial charge in [-0.15, -0.1) is 5.10 Å². The lowest BCUT2D eigenvalue weighted by Crippen LogP contribution is -2.41. The van der Waals surface area contributed by atoms with E-state index in [2.05, 4.69) is 17.1 Å². The van der Waals surface area contributed by atoms with Gasteiger partial charge in [0, 0.05) is 13.1 Å². The van der Waals surface area contributed by atoms with Crippen LogP contribution in [0, 0.1) is 5.92 Å². The zero-order valence-corrected chi connectivity index (χ0v) is 11.1. The van der Waals surface area contributed by atoms with Crippen LogP contribution in [0.3, 0.4) is 0 Å². The number of amides is 1. The number of rotatable bonds is 1. The fourth-order valence-electron chi connectivity index (χ4n) is 1.96. The van der Waals surface area contributed by atoms with Crippen LogP contribution in [0.4, 0.5) is 4.79 Å². The van der Waals surface area contributed by atoms with Crippen molar-refractivity contribution in [1.29, 1.82) is 0 Å². The average Bonchev–Trinajstić information content (AvgIpc) is 2.78. The summed E-state index contributed by atoms with van der Waals surface area (Å²) >= 11 is 0. The van der Waals surface area contributed by atoms with Gasteiger partial charge in [0.1, 0.15) is 11.3 Å². The van der Waals surface area contributed by atoms with E-state index >= 15 is 0 Å². The Labute approximate surface area is 107 Å². The minimum atomic E-state index is -1.07. The third-order valence-electron chi connectivity index (χ3n) is 3.34. The van der Waals surface area contributed by atoms with Crippen LogP contribution in [0.1, 0.15) is 39.3 Å². The Kier molecular flexibility index (Phi) is 3.38. The molecule has 2 heterocycles. The van der Waals surface area contributed by atoms with Gasteiger partial charge < -0.3 is 10.0 Å². The minimum absolute atomic E-state index is 0.211. The van der Waals surface area contributed by atoms with Gasteiger partial charge in [0.05, 0.1) is 6.20 Å².